The van der Waals surface area contributed by atoms with Gasteiger partial charge in [0.05, 0.1) is 0 Å². The van der Waals surface area contributed by atoms with Crippen molar-refractivity contribution in [3.05, 3.63) is 0 Å². The third-order valence-electron chi connectivity index (χ3n) is 3.48. The third-order valence-corrected chi connectivity index (χ3v) is 3.48. The standard InChI is InChI=1S/C10H19NO/c12-5-1-4-11-10-7-8-2-3-9(10)6-8/h8-12H,1-7H2/t8-,9+,10-/m0/s1. The molecule has 12 heavy (non-hydrogen) atoms. The fraction of sp³-hybridized carbons (Fsp3) is 1.00. The van der Waals surface area contributed by atoms with Crippen LogP contribution < -0.4 is 5.32 Å². The molecule has 2 heteroatoms. The Morgan fingerprint density at radius 2 is 2.17 bits per heavy atom. The van der Waals surface area contributed by atoms with Gasteiger partial charge >= 0.3 is 0 Å². The van der Waals surface area contributed by atoms with Crippen LogP contribution in [0.15, 0.2) is 0 Å². The fourth-order valence-electron chi connectivity index (χ4n) is 2.86. The van der Waals surface area contributed by atoms with E-state index in [0.717, 1.165) is 30.8 Å². The van der Waals surface area contributed by atoms with Crippen LogP contribution >= 0.6 is 0 Å². The molecule has 2 N–H and O–H groups in total. The molecule has 0 saturated heterocycles. The molecule has 2 bridgehead atoms. The number of fused-ring (bicyclic) bond motifs is 2. The zero-order chi connectivity index (χ0) is 8.39. The van der Waals surface area contributed by atoms with Crippen molar-refractivity contribution in [3.63, 3.8) is 0 Å². The molecule has 2 saturated carbocycles. The predicted octanol–water partition coefficient (Wildman–Crippen LogP) is 1.15. The second-order valence-electron chi connectivity index (χ2n) is 4.31. The van der Waals surface area contributed by atoms with Gasteiger partial charge in [0.2, 0.25) is 0 Å². The highest BCUT2D eigenvalue weighted by Crippen LogP contribution is 2.44. The molecule has 70 valence electrons. The van der Waals surface area contributed by atoms with Crippen molar-refractivity contribution >= 4 is 0 Å². The molecule has 0 aromatic rings. The molecule has 0 aromatic heterocycles. The number of hydrogen-bond acceptors (Lipinski definition) is 2. The van der Waals surface area contributed by atoms with E-state index >= 15 is 0 Å². The quantitative estimate of drug-likeness (QED) is 0.619. The van der Waals surface area contributed by atoms with Gasteiger partial charge in [-0.2, -0.15) is 0 Å². The van der Waals surface area contributed by atoms with Crippen LogP contribution in [0.25, 0.3) is 0 Å². The summed E-state index contributed by atoms with van der Waals surface area (Å²) in [4.78, 5) is 0. The van der Waals surface area contributed by atoms with E-state index in [-0.39, 0.29) is 0 Å². The summed E-state index contributed by atoms with van der Waals surface area (Å²) in [5.41, 5.74) is 0. The Hall–Kier alpha value is -0.0800. The minimum atomic E-state index is 0.327. The first kappa shape index (κ1) is 8.52. The fourth-order valence-corrected chi connectivity index (χ4v) is 2.86. The van der Waals surface area contributed by atoms with Crippen molar-refractivity contribution in [2.24, 2.45) is 11.8 Å². The second kappa shape index (κ2) is 3.75. The van der Waals surface area contributed by atoms with E-state index < -0.39 is 0 Å². The van der Waals surface area contributed by atoms with Gasteiger partial charge in [0.25, 0.3) is 0 Å². The van der Waals surface area contributed by atoms with E-state index in [4.69, 9.17) is 5.11 Å². The average molecular weight is 169 g/mol. The van der Waals surface area contributed by atoms with E-state index in [9.17, 15) is 0 Å². The first-order chi connectivity index (χ1) is 5.90. The van der Waals surface area contributed by atoms with Crippen LogP contribution in [0.3, 0.4) is 0 Å². The maximum Gasteiger partial charge on any atom is 0.0443 e. The molecule has 2 aliphatic carbocycles. The van der Waals surface area contributed by atoms with E-state index in [1.165, 1.54) is 25.7 Å². The Bertz CT molecular complexity index is 149. The topological polar surface area (TPSA) is 32.3 Å². The van der Waals surface area contributed by atoms with Gasteiger partial charge < -0.3 is 10.4 Å². The van der Waals surface area contributed by atoms with Gasteiger partial charge in [-0.25, -0.2) is 0 Å². The lowest BCUT2D eigenvalue weighted by atomic mass is 9.95. The molecule has 2 nitrogen and oxygen atoms in total. The maximum absolute atomic E-state index is 8.63. The molecule has 2 fully saturated rings. The van der Waals surface area contributed by atoms with Crippen LogP contribution in [0.4, 0.5) is 0 Å². The summed E-state index contributed by atoms with van der Waals surface area (Å²) in [5.74, 6) is 2.00. The van der Waals surface area contributed by atoms with E-state index in [1.54, 1.807) is 0 Å². The lowest BCUT2D eigenvalue weighted by Crippen LogP contribution is -2.34. The predicted molar refractivity (Wildman–Crippen MR) is 48.9 cm³/mol. The summed E-state index contributed by atoms with van der Waals surface area (Å²) >= 11 is 0. The third kappa shape index (κ3) is 1.64. The van der Waals surface area contributed by atoms with E-state index in [0.29, 0.717) is 6.61 Å². The molecule has 0 radical (unpaired) electrons. The highest BCUT2D eigenvalue weighted by molar-refractivity contribution is 4.93. The van der Waals surface area contributed by atoms with Crippen molar-refractivity contribution in [3.8, 4) is 0 Å². The highest BCUT2D eigenvalue weighted by atomic mass is 16.3. The highest BCUT2D eigenvalue weighted by Gasteiger charge is 2.38. The maximum atomic E-state index is 8.63. The Kier molecular flexibility index (Phi) is 2.66. The number of aliphatic hydroxyl groups excluding tert-OH is 1. The zero-order valence-electron chi connectivity index (χ0n) is 7.63. The summed E-state index contributed by atoms with van der Waals surface area (Å²) in [6, 6.07) is 0.787. The Morgan fingerprint density at radius 3 is 2.75 bits per heavy atom. The molecule has 0 unspecified atom stereocenters. The monoisotopic (exact) mass is 169 g/mol. The van der Waals surface area contributed by atoms with Crippen LogP contribution in [0.2, 0.25) is 0 Å². The molecule has 0 aliphatic heterocycles. The lowest BCUT2D eigenvalue weighted by Gasteiger charge is -2.22. The van der Waals surface area contributed by atoms with Crippen molar-refractivity contribution in [1.82, 2.24) is 5.32 Å². The number of aliphatic hydroxyl groups is 1. The molecular formula is C10H19NO. The van der Waals surface area contributed by atoms with Crippen molar-refractivity contribution < 1.29 is 5.11 Å². The zero-order valence-corrected chi connectivity index (χ0v) is 7.63. The summed E-state index contributed by atoms with van der Waals surface area (Å²) in [5, 5.41) is 12.2. The first-order valence-corrected chi connectivity index (χ1v) is 5.24. The molecule has 2 rings (SSSR count). The molecular weight excluding hydrogens is 150 g/mol. The Balaban J connectivity index is 1.69. The summed E-state index contributed by atoms with van der Waals surface area (Å²) in [7, 11) is 0. The van der Waals surface area contributed by atoms with Crippen molar-refractivity contribution in [2.75, 3.05) is 13.2 Å². The van der Waals surface area contributed by atoms with E-state index in [2.05, 4.69) is 5.32 Å². The lowest BCUT2D eigenvalue weighted by molar-refractivity contribution is 0.274. The van der Waals surface area contributed by atoms with Gasteiger partial charge in [-0.15, -0.1) is 0 Å². The van der Waals surface area contributed by atoms with Gasteiger partial charge in [-0.05, 0) is 44.1 Å². The summed E-state index contributed by atoms with van der Waals surface area (Å²) in [6.45, 7) is 1.33. The normalized spacial score (nSPS) is 39.2. The van der Waals surface area contributed by atoms with Gasteiger partial charge in [-0.3, -0.25) is 0 Å². The Labute approximate surface area is 74.4 Å². The average Bonchev–Trinajstić information content (AvgIpc) is 2.65. The second-order valence-corrected chi connectivity index (χ2v) is 4.31. The minimum Gasteiger partial charge on any atom is -0.396 e. The molecule has 2 aliphatic rings. The SMILES string of the molecule is OCCCN[C@H]1C[C@H]2CC[C@@H]1C2. The van der Waals surface area contributed by atoms with Crippen LogP contribution in [-0.4, -0.2) is 24.3 Å². The van der Waals surface area contributed by atoms with Gasteiger partial charge in [0, 0.05) is 12.6 Å². The first-order valence-electron chi connectivity index (χ1n) is 5.24. The smallest absolute Gasteiger partial charge is 0.0443 e. The summed E-state index contributed by atoms with van der Waals surface area (Å²) < 4.78 is 0. The van der Waals surface area contributed by atoms with Crippen molar-refractivity contribution in [2.45, 2.75) is 38.1 Å². The van der Waals surface area contributed by atoms with Crippen molar-refractivity contribution in [1.29, 1.82) is 0 Å². The van der Waals surface area contributed by atoms with E-state index in [1.807, 2.05) is 0 Å². The minimum absolute atomic E-state index is 0.327. The largest absolute Gasteiger partial charge is 0.396 e. The van der Waals surface area contributed by atoms with Gasteiger partial charge in [0.1, 0.15) is 0 Å². The molecule has 0 spiro atoms. The van der Waals surface area contributed by atoms with Crippen LogP contribution in [0.5, 0.6) is 0 Å². The number of nitrogens with one attached hydrogen (secondary N) is 1. The van der Waals surface area contributed by atoms with Crippen LogP contribution in [-0.2, 0) is 0 Å². The van der Waals surface area contributed by atoms with Crippen LogP contribution in [0.1, 0.15) is 32.1 Å². The molecule has 0 heterocycles. The Morgan fingerprint density at radius 1 is 1.25 bits per heavy atom. The number of hydrogen-bond donors (Lipinski definition) is 2. The molecule has 0 aromatic carbocycles. The van der Waals surface area contributed by atoms with Gasteiger partial charge in [0.15, 0.2) is 0 Å². The molecule has 3 atom stereocenters. The summed E-state index contributed by atoms with van der Waals surface area (Å²) in [6.07, 6.45) is 6.70. The van der Waals surface area contributed by atoms with Crippen LogP contribution in [0, 0.1) is 11.8 Å². The number of rotatable bonds is 4. The molecule has 0 amide bonds. The van der Waals surface area contributed by atoms with Gasteiger partial charge in [-0.1, -0.05) is 6.42 Å².